The average Bonchev–Trinajstić information content (AvgIpc) is 2.02. The zero-order valence-corrected chi connectivity index (χ0v) is 12.3. The Kier molecular flexibility index (Phi) is 3.08. The van der Waals surface area contributed by atoms with Gasteiger partial charge in [0.15, 0.2) is 0 Å². The van der Waals surface area contributed by atoms with E-state index in [0.29, 0.717) is 12.8 Å². The third kappa shape index (κ3) is 2.32. The third-order valence-corrected chi connectivity index (χ3v) is 29.0. The van der Waals surface area contributed by atoms with Gasteiger partial charge in [0.2, 0.25) is 0 Å². The summed E-state index contributed by atoms with van der Waals surface area (Å²) in [6.45, 7) is 0. The predicted octanol–water partition coefficient (Wildman–Crippen LogP) is 0.782. The number of hydrogen-bond donors (Lipinski definition) is 0. The average molecular weight is 415 g/mol. The third-order valence-electron chi connectivity index (χ3n) is 1.65. The minimum atomic E-state index is -3.46. The van der Waals surface area contributed by atoms with Gasteiger partial charge in [-0.15, -0.1) is 0 Å². The topological polar surface area (TPSA) is 52.6 Å². The van der Waals surface area contributed by atoms with E-state index in [0.717, 1.165) is 11.5 Å². The molecule has 1 spiro atoms. The molecule has 13 heavy (non-hydrogen) atoms. The molecule has 0 aliphatic carbocycles. The van der Waals surface area contributed by atoms with Crippen molar-refractivity contribution < 1.29 is 15.0 Å². The van der Waals surface area contributed by atoms with Crippen molar-refractivity contribution in [2.24, 2.45) is 0 Å². The van der Waals surface area contributed by atoms with E-state index >= 15 is 0 Å². The van der Waals surface area contributed by atoms with Gasteiger partial charge in [0.1, 0.15) is 0 Å². The molecular weight excluding hydrogens is 407 g/mol. The second-order valence-electron chi connectivity index (χ2n) is 2.65. The van der Waals surface area contributed by atoms with Crippen LogP contribution in [-0.4, -0.2) is 42.5 Å². The van der Waals surface area contributed by atoms with Gasteiger partial charge in [-0.1, -0.05) is 0 Å². The van der Waals surface area contributed by atoms with Crippen molar-refractivity contribution in [1.29, 1.82) is 0 Å². The molecule has 2 rings (SSSR count). The first-order valence-corrected chi connectivity index (χ1v) is 18.6. The van der Waals surface area contributed by atoms with E-state index in [1.54, 1.807) is 16.6 Å². The molecule has 72 valence electrons. The Balaban J connectivity index is 2.09. The Hall–Kier alpha value is 0.562. The molecule has 2 fully saturated rings. The molecule has 0 radical (unpaired) electrons. The van der Waals surface area contributed by atoms with E-state index in [1.165, 1.54) is 0 Å². The van der Waals surface area contributed by atoms with Crippen LogP contribution in [0.1, 0.15) is 12.8 Å². The molecule has 0 bridgehead atoms. The van der Waals surface area contributed by atoms with Gasteiger partial charge >= 0.3 is 86.9 Å². The fourth-order valence-corrected chi connectivity index (χ4v) is 27.3. The van der Waals surface area contributed by atoms with Crippen LogP contribution in [0.2, 0.25) is 0 Å². The number of rotatable bonds is 0. The second-order valence-corrected chi connectivity index (χ2v) is 27.9. The molecule has 2 saturated heterocycles. The Bertz CT molecular complexity index is 231. The Morgan fingerprint density at radius 1 is 1.00 bits per heavy atom. The van der Waals surface area contributed by atoms with E-state index in [-0.39, 0.29) is 11.9 Å². The standard InChI is InChI=1S/2C3H6O2S.Pb/c2*4-3(5)1-2-6;/h2*6H,1-2H2,(H,4,5);/q;;+4/p-4. The summed E-state index contributed by atoms with van der Waals surface area (Å²) < 4.78 is 10.5. The zero-order chi connectivity index (χ0) is 9.31. The SMILES string of the molecule is O=C1CC[S][Pb]2([O]1)[O]C(=O)CC[S]2. The van der Waals surface area contributed by atoms with Gasteiger partial charge in [0.25, 0.3) is 0 Å². The fourth-order valence-electron chi connectivity index (χ4n) is 1.08. The zero-order valence-electron chi connectivity index (χ0n) is 6.78. The quantitative estimate of drug-likeness (QED) is 0.545. The molecular formula is C6H8O4PbS2. The second kappa shape index (κ2) is 3.97. The number of carbonyl (C=O) groups is 2. The molecule has 2 aliphatic rings. The Morgan fingerprint density at radius 3 is 1.85 bits per heavy atom. The van der Waals surface area contributed by atoms with Gasteiger partial charge < -0.3 is 0 Å². The number of hydrogen-bond acceptors (Lipinski definition) is 6. The van der Waals surface area contributed by atoms with Crippen LogP contribution in [0.3, 0.4) is 0 Å². The monoisotopic (exact) mass is 416 g/mol. The summed E-state index contributed by atoms with van der Waals surface area (Å²) in [7, 11) is 3.19. The van der Waals surface area contributed by atoms with Gasteiger partial charge in [-0.3, -0.25) is 0 Å². The summed E-state index contributed by atoms with van der Waals surface area (Å²) in [4.78, 5) is 22.1. The first-order chi connectivity index (χ1) is 6.20. The van der Waals surface area contributed by atoms with Crippen LogP contribution >= 0.6 is 16.6 Å². The van der Waals surface area contributed by atoms with Crippen molar-refractivity contribution in [3.8, 4) is 0 Å². The van der Waals surface area contributed by atoms with Crippen molar-refractivity contribution >= 4 is 47.6 Å². The van der Waals surface area contributed by atoms with Crippen molar-refractivity contribution in [2.45, 2.75) is 12.8 Å². The minimum absolute atomic E-state index is 0.192. The molecule has 0 atom stereocenters. The van der Waals surface area contributed by atoms with E-state index < -0.39 is 19.1 Å². The molecule has 0 aromatic carbocycles. The van der Waals surface area contributed by atoms with Crippen molar-refractivity contribution in [2.75, 3.05) is 11.5 Å². The fraction of sp³-hybridized carbons (Fsp3) is 0.667. The molecule has 0 saturated carbocycles. The van der Waals surface area contributed by atoms with Crippen LogP contribution in [0, 0.1) is 0 Å². The van der Waals surface area contributed by atoms with Crippen LogP contribution in [0.15, 0.2) is 0 Å². The van der Waals surface area contributed by atoms with Gasteiger partial charge in [0, 0.05) is 0 Å². The van der Waals surface area contributed by atoms with Gasteiger partial charge in [0.05, 0.1) is 0 Å². The van der Waals surface area contributed by atoms with E-state index in [2.05, 4.69) is 0 Å². The van der Waals surface area contributed by atoms with Crippen molar-refractivity contribution in [1.82, 2.24) is 0 Å². The van der Waals surface area contributed by atoms with Crippen molar-refractivity contribution in [3.05, 3.63) is 0 Å². The maximum absolute atomic E-state index is 11.1. The van der Waals surface area contributed by atoms with Gasteiger partial charge in [-0.25, -0.2) is 0 Å². The molecule has 2 aliphatic heterocycles. The number of carbonyl (C=O) groups excluding carboxylic acids is 2. The summed E-state index contributed by atoms with van der Waals surface area (Å²) >= 11 is -3.46. The Labute approximate surface area is 86.4 Å². The molecule has 7 heteroatoms. The summed E-state index contributed by atoms with van der Waals surface area (Å²) in [6, 6.07) is 0. The van der Waals surface area contributed by atoms with E-state index in [9.17, 15) is 9.59 Å². The van der Waals surface area contributed by atoms with Gasteiger partial charge in [-0.2, -0.15) is 0 Å². The molecule has 0 unspecified atom stereocenters. The van der Waals surface area contributed by atoms with Crippen molar-refractivity contribution in [3.63, 3.8) is 0 Å². The van der Waals surface area contributed by atoms with Crippen LogP contribution < -0.4 is 0 Å². The molecule has 0 amide bonds. The molecule has 2 heterocycles. The summed E-state index contributed by atoms with van der Waals surface area (Å²) in [5, 5.41) is 0. The first-order valence-electron chi connectivity index (χ1n) is 3.92. The van der Waals surface area contributed by atoms with Crippen LogP contribution in [0.25, 0.3) is 0 Å². The molecule has 0 aromatic rings. The molecule has 4 nitrogen and oxygen atoms in total. The Morgan fingerprint density at radius 2 is 1.46 bits per heavy atom. The van der Waals surface area contributed by atoms with Crippen LogP contribution in [0.4, 0.5) is 0 Å². The van der Waals surface area contributed by atoms with E-state index in [4.69, 9.17) is 5.37 Å². The molecule has 0 N–H and O–H groups in total. The predicted molar refractivity (Wildman–Crippen MR) is 52.1 cm³/mol. The summed E-state index contributed by atoms with van der Waals surface area (Å²) in [5.74, 6) is 1.12. The first kappa shape index (κ1) is 10.1. The van der Waals surface area contributed by atoms with Gasteiger partial charge in [-0.05, 0) is 0 Å². The van der Waals surface area contributed by atoms with Crippen LogP contribution in [-0.2, 0) is 15.0 Å². The van der Waals surface area contributed by atoms with Crippen LogP contribution in [0.5, 0.6) is 0 Å². The summed E-state index contributed by atoms with van der Waals surface area (Å²) in [6.07, 6.45) is 0.898. The van der Waals surface area contributed by atoms with E-state index in [1.807, 2.05) is 0 Å². The maximum atomic E-state index is 11.1. The summed E-state index contributed by atoms with van der Waals surface area (Å²) in [5.41, 5.74) is 0. The normalized spacial score (nSPS) is 26.8. The molecule has 0 aromatic heterocycles.